The number of nitrogens with one attached hydrogen (secondary N) is 1. The molecule has 5 heteroatoms. The van der Waals surface area contributed by atoms with Crippen LogP contribution in [-0.2, 0) is 11.3 Å². The number of nitrogens with two attached hydrogens (primary N) is 1. The van der Waals surface area contributed by atoms with Crippen LogP contribution in [0.15, 0.2) is 18.3 Å². The Hall–Kier alpha value is -1.62. The predicted molar refractivity (Wildman–Crippen MR) is 82.5 cm³/mol. The molecule has 20 heavy (non-hydrogen) atoms. The molecule has 3 N–H and O–H groups in total. The number of aromatic nitrogens is 1. The second-order valence-corrected chi connectivity index (χ2v) is 5.18. The molecule has 0 aliphatic rings. The van der Waals surface area contributed by atoms with Gasteiger partial charge in [0.1, 0.15) is 5.82 Å². The lowest BCUT2D eigenvalue weighted by atomic mass is 10.1. The monoisotopic (exact) mass is 278 g/mol. The molecule has 0 saturated heterocycles. The third kappa shape index (κ3) is 4.49. The highest BCUT2D eigenvalue weighted by Gasteiger charge is 2.16. The fourth-order valence-electron chi connectivity index (χ4n) is 1.87. The van der Waals surface area contributed by atoms with Gasteiger partial charge >= 0.3 is 0 Å². The molecule has 1 aromatic heterocycles. The maximum absolute atomic E-state index is 11.8. The topological polar surface area (TPSA) is 71.2 Å². The normalized spacial score (nSPS) is 12.3. The van der Waals surface area contributed by atoms with Crippen molar-refractivity contribution in [1.82, 2.24) is 10.3 Å². The molecule has 0 spiro atoms. The fraction of sp³-hybridized carbons (Fsp3) is 0.600. The maximum atomic E-state index is 11.8. The Bertz CT molecular complexity index is 412. The minimum Gasteiger partial charge on any atom is -0.357 e. The van der Waals surface area contributed by atoms with E-state index in [1.807, 2.05) is 26.0 Å². The van der Waals surface area contributed by atoms with E-state index in [1.165, 1.54) is 0 Å². The molecule has 112 valence electrons. The summed E-state index contributed by atoms with van der Waals surface area (Å²) in [7, 11) is 0. The lowest BCUT2D eigenvalue weighted by Crippen LogP contribution is -2.43. The highest BCUT2D eigenvalue weighted by molar-refractivity contribution is 5.81. The Balaban J connectivity index is 2.56. The van der Waals surface area contributed by atoms with E-state index in [0.29, 0.717) is 6.54 Å². The number of amides is 1. The summed E-state index contributed by atoms with van der Waals surface area (Å²) >= 11 is 0. The van der Waals surface area contributed by atoms with Crippen molar-refractivity contribution >= 4 is 11.7 Å². The largest absolute Gasteiger partial charge is 0.357 e. The van der Waals surface area contributed by atoms with Crippen LogP contribution in [0, 0.1) is 5.92 Å². The molecule has 0 unspecified atom stereocenters. The predicted octanol–water partition coefficient (Wildman–Crippen LogP) is 1.53. The van der Waals surface area contributed by atoms with Crippen LogP contribution in [0.2, 0.25) is 0 Å². The molecule has 0 saturated carbocycles. The van der Waals surface area contributed by atoms with Gasteiger partial charge in [-0.15, -0.1) is 0 Å². The molecule has 5 nitrogen and oxygen atoms in total. The number of hydrogen-bond donors (Lipinski definition) is 2. The molecular weight excluding hydrogens is 252 g/mol. The summed E-state index contributed by atoms with van der Waals surface area (Å²) in [4.78, 5) is 18.4. The number of anilines is 1. The van der Waals surface area contributed by atoms with Gasteiger partial charge in [0.15, 0.2) is 0 Å². The molecule has 1 rings (SSSR count). The molecule has 1 amide bonds. The van der Waals surface area contributed by atoms with E-state index in [9.17, 15) is 4.79 Å². The van der Waals surface area contributed by atoms with E-state index in [1.54, 1.807) is 6.20 Å². The summed E-state index contributed by atoms with van der Waals surface area (Å²) in [6, 6.07) is 3.51. The highest BCUT2D eigenvalue weighted by atomic mass is 16.2. The number of nitrogens with zero attached hydrogens (tertiary/aromatic N) is 2. The van der Waals surface area contributed by atoms with Crippen molar-refractivity contribution in [2.75, 3.05) is 18.0 Å². The lowest BCUT2D eigenvalue weighted by molar-refractivity contribution is -0.123. The summed E-state index contributed by atoms with van der Waals surface area (Å²) in [6.45, 7) is 10.4. The number of rotatable bonds is 7. The number of carbonyl (C=O) groups excluding carboxylic acids is 1. The summed E-state index contributed by atoms with van der Waals surface area (Å²) < 4.78 is 0. The van der Waals surface area contributed by atoms with Gasteiger partial charge in [-0.3, -0.25) is 4.79 Å². The van der Waals surface area contributed by atoms with Crippen molar-refractivity contribution in [3.63, 3.8) is 0 Å². The first-order valence-corrected chi connectivity index (χ1v) is 7.22. The third-order valence-electron chi connectivity index (χ3n) is 3.38. The van der Waals surface area contributed by atoms with E-state index < -0.39 is 6.04 Å². The van der Waals surface area contributed by atoms with Gasteiger partial charge in [-0.25, -0.2) is 4.98 Å². The zero-order valence-corrected chi connectivity index (χ0v) is 12.9. The van der Waals surface area contributed by atoms with E-state index in [0.717, 1.165) is 24.5 Å². The number of pyridine rings is 1. The molecular formula is C15H26N4O. The molecule has 0 bridgehead atoms. The molecule has 1 heterocycles. The maximum Gasteiger partial charge on any atom is 0.237 e. The van der Waals surface area contributed by atoms with E-state index in [-0.39, 0.29) is 11.8 Å². The average molecular weight is 278 g/mol. The van der Waals surface area contributed by atoms with Crippen LogP contribution in [0.25, 0.3) is 0 Å². The minimum absolute atomic E-state index is 0.118. The molecule has 0 aliphatic heterocycles. The first kappa shape index (κ1) is 16.4. The molecule has 0 radical (unpaired) electrons. The van der Waals surface area contributed by atoms with Gasteiger partial charge in [0.25, 0.3) is 0 Å². The van der Waals surface area contributed by atoms with Crippen molar-refractivity contribution in [3.05, 3.63) is 23.9 Å². The van der Waals surface area contributed by atoms with Crippen LogP contribution in [0.4, 0.5) is 5.82 Å². The van der Waals surface area contributed by atoms with Gasteiger partial charge in [-0.2, -0.15) is 0 Å². The van der Waals surface area contributed by atoms with Gasteiger partial charge in [0, 0.05) is 25.8 Å². The van der Waals surface area contributed by atoms with Crippen molar-refractivity contribution in [1.29, 1.82) is 0 Å². The van der Waals surface area contributed by atoms with Crippen LogP contribution in [0.1, 0.15) is 33.3 Å². The van der Waals surface area contributed by atoms with Gasteiger partial charge in [0.05, 0.1) is 6.04 Å². The summed E-state index contributed by atoms with van der Waals surface area (Å²) in [6.07, 6.45) is 1.80. The third-order valence-corrected chi connectivity index (χ3v) is 3.38. The zero-order valence-electron chi connectivity index (χ0n) is 12.9. The van der Waals surface area contributed by atoms with Gasteiger partial charge < -0.3 is 16.0 Å². The molecule has 0 fully saturated rings. The Morgan fingerprint density at radius 1 is 1.35 bits per heavy atom. The molecule has 1 atom stereocenters. The zero-order chi connectivity index (χ0) is 15.1. The molecule has 0 aliphatic carbocycles. The lowest BCUT2D eigenvalue weighted by Gasteiger charge is -2.20. The summed E-state index contributed by atoms with van der Waals surface area (Å²) in [5.41, 5.74) is 6.77. The SMILES string of the molecule is CCN(CC)c1ccc(CNC(=O)[C@@H](N)C(C)C)cn1. The Morgan fingerprint density at radius 3 is 2.45 bits per heavy atom. The van der Waals surface area contributed by atoms with Crippen molar-refractivity contribution in [2.45, 2.75) is 40.3 Å². The van der Waals surface area contributed by atoms with Gasteiger partial charge in [-0.1, -0.05) is 19.9 Å². The van der Waals surface area contributed by atoms with E-state index in [2.05, 4.69) is 29.0 Å². The Morgan fingerprint density at radius 2 is 2.00 bits per heavy atom. The quantitative estimate of drug-likeness (QED) is 0.793. The Kier molecular flexibility index (Phi) is 6.45. The highest BCUT2D eigenvalue weighted by Crippen LogP contribution is 2.10. The van der Waals surface area contributed by atoms with E-state index in [4.69, 9.17) is 5.73 Å². The smallest absolute Gasteiger partial charge is 0.237 e. The number of carbonyl (C=O) groups is 1. The molecule has 1 aromatic rings. The first-order valence-electron chi connectivity index (χ1n) is 7.22. The van der Waals surface area contributed by atoms with E-state index >= 15 is 0 Å². The fourth-order valence-corrected chi connectivity index (χ4v) is 1.87. The van der Waals surface area contributed by atoms with Gasteiger partial charge in [-0.05, 0) is 31.4 Å². The molecule has 0 aromatic carbocycles. The average Bonchev–Trinajstić information content (AvgIpc) is 2.46. The summed E-state index contributed by atoms with van der Waals surface area (Å²) in [5, 5.41) is 2.84. The van der Waals surface area contributed by atoms with Crippen LogP contribution >= 0.6 is 0 Å². The van der Waals surface area contributed by atoms with Crippen molar-refractivity contribution < 1.29 is 4.79 Å². The van der Waals surface area contributed by atoms with Crippen molar-refractivity contribution in [3.8, 4) is 0 Å². The van der Waals surface area contributed by atoms with Gasteiger partial charge in [0.2, 0.25) is 5.91 Å². The van der Waals surface area contributed by atoms with Crippen LogP contribution in [0.5, 0.6) is 0 Å². The second kappa shape index (κ2) is 7.85. The number of hydrogen-bond acceptors (Lipinski definition) is 4. The standard InChI is InChI=1S/C15H26N4O/c1-5-19(6-2)13-8-7-12(9-17-13)10-18-15(20)14(16)11(3)4/h7-9,11,14H,5-6,10,16H2,1-4H3,(H,18,20)/t14-/m0/s1. The van der Waals surface area contributed by atoms with Crippen molar-refractivity contribution in [2.24, 2.45) is 11.7 Å². The second-order valence-electron chi connectivity index (χ2n) is 5.18. The van der Waals surface area contributed by atoms with Crippen LogP contribution in [0.3, 0.4) is 0 Å². The van der Waals surface area contributed by atoms with Crippen LogP contribution < -0.4 is 16.0 Å². The summed E-state index contributed by atoms with van der Waals surface area (Å²) in [5.74, 6) is 0.981. The first-order chi connectivity index (χ1) is 9.49. The van der Waals surface area contributed by atoms with Crippen LogP contribution in [-0.4, -0.2) is 30.0 Å². The minimum atomic E-state index is -0.460. The Labute approximate surface area is 121 Å².